The smallest absolute Gasteiger partial charge is 0.224 e. The van der Waals surface area contributed by atoms with E-state index in [1.54, 1.807) is 0 Å². The number of nitrogens with one attached hydrogen (secondary N) is 2. The summed E-state index contributed by atoms with van der Waals surface area (Å²) in [7, 11) is 0. The number of hydrogen-bond donors (Lipinski definition) is 2. The molecular formula is C16H18N2O2. The van der Waals surface area contributed by atoms with Gasteiger partial charge in [-0.2, -0.15) is 0 Å². The van der Waals surface area contributed by atoms with Crippen LogP contribution in [-0.2, 0) is 9.59 Å². The summed E-state index contributed by atoms with van der Waals surface area (Å²) in [6.45, 7) is 3.63. The van der Waals surface area contributed by atoms with Crippen molar-refractivity contribution in [2.24, 2.45) is 0 Å². The molecule has 0 bridgehead atoms. The number of amides is 2. The topological polar surface area (TPSA) is 58.2 Å². The first-order valence-corrected chi connectivity index (χ1v) is 6.77. The minimum atomic E-state index is -0.0273. The molecule has 2 rings (SSSR count). The average Bonchev–Trinajstić information content (AvgIpc) is 2.47. The third-order valence-electron chi connectivity index (χ3n) is 3.11. The number of rotatable bonds is 4. The molecular weight excluding hydrogens is 252 g/mol. The number of fused-ring (bicyclic) bond motifs is 1. The van der Waals surface area contributed by atoms with Gasteiger partial charge in [-0.15, -0.1) is 0 Å². The lowest BCUT2D eigenvalue weighted by atomic mass is 10.1. The summed E-state index contributed by atoms with van der Waals surface area (Å²) in [4.78, 5) is 23.1. The summed E-state index contributed by atoms with van der Waals surface area (Å²) < 4.78 is 0. The van der Waals surface area contributed by atoms with Gasteiger partial charge in [0.15, 0.2) is 0 Å². The van der Waals surface area contributed by atoms with Crippen LogP contribution in [0.25, 0.3) is 10.8 Å². The molecule has 0 spiro atoms. The normalized spacial score (nSPS) is 10.3. The fourth-order valence-electron chi connectivity index (χ4n) is 2.01. The van der Waals surface area contributed by atoms with Gasteiger partial charge in [0.1, 0.15) is 0 Å². The molecule has 0 fully saturated rings. The summed E-state index contributed by atoms with van der Waals surface area (Å²) in [5.41, 5.74) is 1.53. The predicted molar refractivity (Wildman–Crippen MR) is 81.8 cm³/mol. The minimum Gasteiger partial charge on any atom is -0.326 e. The van der Waals surface area contributed by atoms with Gasteiger partial charge in [0.25, 0.3) is 0 Å². The Bertz CT molecular complexity index is 593. The molecule has 0 heterocycles. The molecule has 0 atom stereocenters. The van der Waals surface area contributed by atoms with Gasteiger partial charge in [-0.1, -0.05) is 38.1 Å². The van der Waals surface area contributed by atoms with E-state index in [-0.39, 0.29) is 11.8 Å². The lowest BCUT2D eigenvalue weighted by Crippen LogP contribution is -2.11. The van der Waals surface area contributed by atoms with Crippen LogP contribution >= 0.6 is 0 Å². The maximum absolute atomic E-state index is 11.6. The van der Waals surface area contributed by atoms with Crippen LogP contribution in [-0.4, -0.2) is 11.8 Å². The molecule has 0 unspecified atom stereocenters. The molecule has 0 aromatic heterocycles. The second kappa shape index (κ2) is 6.19. The number of benzene rings is 2. The van der Waals surface area contributed by atoms with Gasteiger partial charge >= 0.3 is 0 Å². The van der Waals surface area contributed by atoms with Gasteiger partial charge in [0.05, 0.1) is 0 Å². The molecule has 0 saturated heterocycles. The average molecular weight is 270 g/mol. The minimum absolute atomic E-state index is 0.0273. The molecule has 0 aliphatic rings. The van der Waals surface area contributed by atoms with Crippen molar-refractivity contribution in [1.29, 1.82) is 0 Å². The molecule has 4 nitrogen and oxygen atoms in total. The van der Waals surface area contributed by atoms with Gasteiger partial charge in [-0.3, -0.25) is 9.59 Å². The van der Waals surface area contributed by atoms with E-state index in [1.807, 2.05) is 50.2 Å². The molecule has 0 saturated carbocycles. The third kappa shape index (κ3) is 2.96. The van der Waals surface area contributed by atoms with Crippen LogP contribution in [0.2, 0.25) is 0 Å². The van der Waals surface area contributed by atoms with E-state index in [2.05, 4.69) is 10.6 Å². The zero-order valence-corrected chi connectivity index (χ0v) is 11.7. The highest BCUT2D eigenvalue weighted by Crippen LogP contribution is 2.29. The van der Waals surface area contributed by atoms with Crippen LogP contribution in [0.1, 0.15) is 26.7 Å². The van der Waals surface area contributed by atoms with Crippen molar-refractivity contribution in [2.75, 3.05) is 10.6 Å². The first-order chi connectivity index (χ1) is 9.65. The lowest BCUT2D eigenvalue weighted by Gasteiger charge is -2.12. The van der Waals surface area contributed by atoms with E-state index in [1.165, 1.54) is 0 Å². The van der Waals surface area contributed by atoms with Crippen LogP contribution < -0.4 is 10.6 Å². The Morgan fingerprint density at radius 1 is 0.800 bits per heavy atom. The molecule has 0 radical (unpaired) electrons. The van der Waals surface area contributed by atoms with Crippen molar-refractivity contribution in [2.45, 2.75) is 26.7 Å². The molecule has 0 aliphatic carbocycles. The van der Waals surface area contributed by atoms with Gasteiger partial charge in [0, 0.05) is 35.0 Å². The van der Waals surface area contributed by atoms with Gasteiger partial charge in [-0.05, 0) is 12.1 Å². The molecule has 4 heteroatoms. The highest BCUT2D eigenvalue weighted by atomic mass is 16.2. The molecule has 2 N–H and O–H groups in total. The first kappa shape index (κ1) is 14.1. The summed E-state index contributed by atoms with van der Waals surface area (Å²) in [6.07, 6.45) is 0.866. The van der Waals surface area contributed by atoms with E-state index < -0.39 is 0 Å². The monoisotopic (exact) mass is 270 g/mol. The van der Waals surface area contributed by atoms with Crippen LogP contribution in [0.4, 0.5) is 11.4 Å². The number of hydrogen-bond acceptors (Lipinski definition) is 2. The Morgan fingerprint density at radius 3 is 1.55 bits per heavy atom. The Morgan fingerprint density at radius 2 is 1.20 bits per heavy atom. The SMILES string of the molecule is CCC(=O)Nc1cccc2c(NC(=O)CC)cccc12. The standard InChI is InChI=1S/C16H18N2O2/c1-3-15(19)17-13-9-5-8-12-11(13)7-6-10-14(12)18-16(20)4-2/h5-10H,3-4H2,1-2H3,(H,17,19)(H,18,20). The first-order valence-electron chi connectivity index (χ1n) is 6.77. The van der Waals surface area contributed by atoms with E-state index in [9.17, 15) is 9.59 Å². The highest BCUT2D eigenvalue weighted by molar-refractivity contribution is 6.08. The summed E-state index contributed by atoms with van der Waals surface area (Å²) in [5.74, 6) is -0.0546. The quantitative estimate of drug-likeness (QED) is 0.892. The zero-order chi connectivity index (χ0) is 14.5. The number of anilines is 2. The van der Waals surface area contributed by atoms with Crippen LogP contribution in [0.15, 0.2) is 36.4 Å². The van der Waals surface area contributed by atoms with Crippen molar-refractivity contribution in [3.63, 3.8) is 0 Å². The molecule has 2 aromatic rings. The van der Waals surface area contributed by atoms with Gasteiger partial charge < -0.3 is 10.6 Å². The van der Waals surface area contributed by atoms with E-state index in [0.717, 1.165) is 22.1 Å². The molecule has 0 aliphatic heterocycles. The second-order valence-corrected chi connectivity index (χ2v) is 4.51. The molecule has 2 aromatic carbocycles. The fraction of sp³-hybridized carbons (Fsp3) is 0.250. The summed E-state index contributed by atoms with van der Waals surface area (Å²) >= 11 is 0. The number of carbonyl (C=O) groups is 2. The van der Waals surface area contributed by atoms with Crippen molar-refractivity contribution >= 4 is 34.0 Å². The Kier molecular flexibility index (Phi) is 4.35. The van der Waals surface area contributed by atoms with Crippen molar-refractivity contribution in [1.82, 2.24) is 0 Å². The number of carbonyl (C=O) groups excluding carboxylic acids is 2. The molecule has 20 heavy (non-hydrogen) atoms. The van der Waals surface area contributed by atoms with Crippen molar-refractivity contribution in [3.8, 4) is 0 Å². The molecule has 104 valence electrons. The summed E-state index contributed by atoms with van der Waals surface area (Å²) in [5, 5.41) is 7.59. The maximum atomic E-state index is 11.6. The lowest BCUT2D eigenvalue weighted by molar-refractivity contribution is -0.116. The third-order valence-corrected chi connectivity index (χ3v) is 3.11. The van der Waals surface area contributed by atoms with Crippen LogP contribution in [0.5, 0.6) is 0 Å². The maximum Gasteiger partial charge on any atom is 0.224 e. The zero-order valence-electron chi connectivity index (χ0n) is 11.7. The predicted octanol–water partition coefficient (Wildman–Crippen LogP) is 3.54. The Hall–Kier alpha value is -2.36. The summed E-state index contributed by atoms with van der Waals surface area (Å²) in [6, 6.07) is 11.3. The Labute approximate surface area is 118 Å². The largest absolute Gasteiger partial charge is 0.326 e. The van der Waals surface area contributed by atoms with Gasteiger partial charge in [-0.25, -0.2) is 0 Å². The van der Waals surface area contributed by atoms with Crippen molar-refractivity contribution in [3.05, 3.63) is 36.4 Å². The highest BCUT2D eigenvalue weighted by Gasteiger charge is 2.08. The van der Waals surface area contributed by atoms with Crippen LogP contribution in [0, 0.1) is 0 Å². The van der Waals surface area contributed by atoms with Crippen LogP contribution in [0.3, 0.4) is 0 Å². The van der Waals surface area contributed by atoms with E-state index in [0.29, 0.717) is 12.8 Å². The second-order valence-electron chi connectivity index (χ2n) is 4.51. The van der Waals surface area contributed by atoms with Crippen molar-refractivity contribution < 1.29 is 9.59 Å². The molecule has 2 amide bonds. The Balaban J connectivity index is 2.46. The fourth-order valence-corrected chi connectivity index (χ4v) is 2.01. The van der Waals surface area contributed by atoms with E-state index in [4.69, 9.17) is 0 Å². The van der Waals surface area contributed by atoms with E-state index >= 15 is 0 Å². The van der Waals surface area contributed by atoms with Gasteiger partial charge in [0.2, 0.25) is 11.8 Å².